The van der Waals surface area contributed by atoms with E-state index in [0.29, 0.717) is 35.1 Å². The average Bonchev–Trinajstić information content (AvgIpc) is 3.07. The predicted molar refractivity (Wildman–Crippen MR) is 124 cm³/mol. The number of sulfonamides is 1. The highest BCUT2D eigenvalue weighted by Gasteiger charge is 2.29. The summed E-state index contributed by atoms with van der Waals surface area (Å²) in [5.41, 5.74) is 2.54. The fourth-order valence-electron chi connectivity index (χ4n) is 3.31. The van der Waals surface area contributed by atoms with Crippen LogP contribution in [0.5, 0.6) is 0 Å². The lowest BCUT2D eigenvalue weighted by Gasteiger charge is -2.18. The van der Waals surface area contributed by atoms with Gasteiger partial charge in [0.2, 0.25) is 10.0 Å². The highest BCUT2D eigenvalue weighted by atomic mass is 35.5. The second-order valence-corrected chi connectivity index (χ2v) is 9.81. The van der Waals surface area contributed by atoms with Gasteiger partial charge < -0.3 is 10.6 Å². The number of pyridine rings is 1. The van der Waals surface area contributed by atoms with E-state index in [1.165, 1.54) is 16.4 Å². The number of halogens is 2. The Bertz CT molecular complexity index is 1240. The van der Waals surface area contributed by atoms with E-state index in [1.54, 1.807) is 48.8 Å². The van der Waals surface area contributed by atoms with Crippen molar-refractivity contribution in [2.75, 3.05) is 27.2 Å². The SMILES string of the molecule is O=C(Nc1cc(Cl)cc(Nc2ccncc2)c1)c1cc(N2CCCS2(=O)=O)ccc1Cl. The number of carbonyl (C=O) groups is 1. The van der Waals surface area contributed by atoms with Crippen molar-refractivity contribution in [3.8, 4) is 0 Å². The molecule has 1 fully saturated rings. The molecule has 31 heavy (non-hydrogen) atoms. The number of nitrogens with one attached hydrogen (secondary N) is 2. The molecule has 2 N–H and O–H groups in total. The van der Waals surface area contributed by atoms with Gasteiger partial charge in [-0.3, -0.25) is 14.1 Å². The Morgan fingerprint density at radius 1 is 0.968 bits per heavy atom. The normalized spacial score (nSPS) is 15.0. The van der Waals surface area contributed by atoms with Gasteiger partial charge in [0.25, 0.3) is 5.91 Å². The van der Waals surface area contributed by atoms with Gasteiger partial charge in [-0.05, 0) is 55.0 Å². The number of amides is 1. The molecule has 0 saturated carbocycles. The standard InChI is InChI=1S/C21H18Cl2N4O3S/c22-14-10-16(25-15-4-6-24-7-5-15)12-17(11-14)26-21(28)19-13-18(2-3-20(19)23)27-8-1-9-31(27,29)30/h2-7,10-13H,1,8-9H2,(H,24,25)(H,26,28). The Hall–Kier alpha value is -2.81. The molecule has 1 amide bonds. The fourth-order valence-corrected chi connectivity index (χ4v) is 5.30. The van der Waals surface area contributed by atoms with Crippen LogP contribution >= 0.6 is 23.2 Å². The third-order valence-corrected chi connectivity index (χ3v) is 7.12. The predicted octanol–water partition coefficient (Wildman–Crippen LogP) is 4.92. The molecule has 160 valence electrons. The number of nitrogens with zero attached hydrogens (tertiary/aromatic N) is 2. The number of hydrogen-bond donors (Lipinski definition) is 2. The summed E-state index contributed by atoms with van der Waals surface area (Å²) in [5, 5.41) is 6.61. The first kappa shape index (κ1) is 21.4. The van der Waals surface area contributed by atoms with Crippen LogP contribution in [-0.2, 0) is 10.0 Å². The van der Waals surface area contributed by atoms with Gasteiger partial charge in [0.15, 0.2) is 0 Å². The first-order chi connectivity index (χ1) is 14.8. The van der Waals surface area contributed by atoms with Crippen LogP contribution < -0.4 is 14.9 Å². The van der Waals surface area contributed by atoms with E-state index in [0.717, 1.165) is 5.69 Å². The maximum absolute atomic E-state index is 12.9. The van der Waals surface area contributed by atoms with Crippen LogP contribution in [-0.4, -0.2) is 31.6 Å². The van der Waals surface area contributed by atoms with Gasteiger partial charge in [-0.15, -0.1) is 0 Å². The van der Waals surface area contributed by atoms with E-state index < -0.39 is 15.9 Å². The first-order valence-corrected chi connectivity index (χ1v) is 11.8. The fraction of sp³-hybridized carbons (Fsp3) is 0.143. The molecule has 7 nitrogen and oxygen atoms in total. The van der Waals surface area contributed by atoms with Crippen molar-refractivity contribution in [1.29, 1.82) is 0 Å². The van der Waals surface area contributed by atoms with Crippen LogP contribution in [0.4, 0.5) is 22.7 Å². The zero-order chi connectivity index (χ0) is 22.0. The van der Waals surface area contributed by atoms with E-state index >= 15 is 0 Å². The summed E-state index contributed by atoms with van der Waals surface area (Å²) >= 11 is 12.4. The molecule has 1 saturated heterocycles. The molecular weight excluding hydrogens is 459 g/mol. The highest BCUT2D eigenvalue weighted by Crippen LogP contribution is 2.30. The van der Waals surface area contributed by atoms with Crippen molar-refractivity contribution < 1.29 is 13.2 Å². The topological polar surface area (TPSA) is 91.4 Å². The lowest BCUT2D eigenvalue weighted by atomic mass is 10.1. The molecule has 4 rings (SSSR count). The van der Waals surface area contributed by atoms with Crippen molar-refractivity contribution >= 4 is 61.9 Å². The summed E-state index contributed by atoms with van der Waals surface area (Å²) in [7, 11) is -3.37. The van der Waals surface area contributed by atoms with Gasteiger partial charge in [0.1, 0.15) is 0 Å². The quantitative estimate of drug-likeness (QED) is 0.544. The Kier molecular flexibility index (Phi) is 6.04. The van der Waals surface area contributed by atoms with Gasteiger partial charge in [-0.1, -0.05) is 23.2 Å². The van der Waals surface area contributed by atoms with E-state index in [2.05, 4.69) is 15.6 Å². The molecule has 2 aromatic carbocycles. The molecule has 1 aliphatic rings. The van der Waals surface area contributed by atoms with Gasteiger partial charge in [0.05, 0.1) is 22.0 Å². The zero-order valence-electron chi connectivity index (χ0n) is 16.2. The van der Waals surface area contributed by atoms with Crippen molar-refractivity contribution in [2.45, 2.75) is 6.42 Å². The first-order valence-electron chi connectivity index (χ1n) is 9.41. The van der Waals surface area contributed by atoms with Crippen LogP contribution in [0, 0.1) is 0 Å². The molecule has 0 aliphatic carbocycles. The van der Waals surface area contributed by atoms with Crippen LogP contribution in [0.2, 0.25) is 10.0 Å². The van der Waals surface area contributed by atoms with Crippen LogP contribution in [0.3, 0.4) is 0 Å². The largest absolute Gasteiger partial charge is 0.355 e. The molecule has 0 radical (unpaired) electrons. The van der Waals surface area contributed by atoms with E-state index in [9.17, 15) is 13.2 Å². The van der Waals surface area contributed by atoms with Crippen molar-refractivity contribution in [2.24, 2.45) is 0 Å². The van der Waals surface area contributed by atoms with Crippen LogP contribution in [0.15, 0.2) is 60.9 Å². The maximum Gasteiger partial charge on any atom is 0.257 e. The van der Waals surface area contributed by atoms with Crippen molar-refractivity contribution in [3.63, 3.8) is 0 Å². The second kappa shape index (κ2) is 8.74. The van der Waals surface area contributed by atoms with Gasteiger partial charge >= 0.3 is 0 Å². The average molecular weight is 477 g/mol. The highest BCUT2D eigenvalue weighted by molar-refractivity contribution is 7.93. The molecule has 1 aliphatic heterocycles. The molecule has 0 unspecified atom stereocenters. The smallest absolute Gasteiger partial charge is 0.257 e. The Morgan fingerprint density at radius 3 is 2.42 bits per heavy atom. The minimum absolute atomic E-state index is 0.0902. The maximum atomic E-state index is 12.9. The summed E-state index contributed by atoms with van der Waals surface area (Å²) in [5.74, 6) is -0.381. The van der Waals surface area contributed by atoms with Crippen LogP contribution in [0.25, 0.3) is 0 Å². The van der Waals surface area contributed by atoms with Crippen molar-refractivity contribution in [1.82, 2.24) is 4.98 Å². The van der Waals surface area contributed by atoms with Crippen LogP contribution in [0.1, 0.15) is 16.8 Å². The van der Waals surface area contributed by atoms with Gasteiger partial charge in [-0.2, -0.15) is 0 Å². The molecule has 0 atom stereocenters. The third kappa shape index (κ3) is 4.92. The molecule has 0 bridgehead atoms. The Labute approximate surface area is 190 Å². The third-order valence-electron chi connectivity index (χ3n) is 4.71. The minimum Gasteiger partial charge on any atom is -0.355 e. The Morgan fingerprint density at radius 2 is 1.71 bits per heavy atom. The Balaban J connectivity index is 1.58. The monoisotopic (exact) mass is 476 g/mol. The summed E-state index contributed by atoms with van der Waals surface area (Å²) in [4.78, 5) is 16.9. The molecular formula is C21H18Cl2N4O3S. The number of anilines is 4. The second-order valence-electron chi connectivity index (χ2n) is 6.95. The molecule has 1 aromatic heterocycles. The number of aromatic nitrogens is 1. The number of carbonyl (C=O) groups excluding carboxylic acids is 1. The van der Waals surface area contributed by atoms with E-state index in [-0.39, 0.29) is 16.3 Å². The lowest BCUT2D eigenvalue weighted by Crippen LogP contribution is -2.25. The zero-order valence-corrected chi connectivity index (χ0v) is 18.5. The van der Waals surface area contributed by atoms with E-state index in [1.807, 2.05) is 0 Å². The lowest BCUT2D eigenvalue weighted by molar-refractivity contribution is 0.102. The minimum atomic E-state index is -3.37. The number of hydrogen-bond acceptors (Lipinski definition) is 5. The summed E-state index contributed by atoms with van der Waals surface area (Å²) in [6.45, 7) is 0.378. The molecule has 3 aromatic rings. The molecule has 0 spiro atoms. The molecule has 2 heterocycles. The van der Waals surface area contributed by atoms with E-state index in [4.69, 9.17) is 23.2 Å². The number of rotatable bonds is 5. The number of benzene rings is 2. The summed E-state index contributed by atoms with van der Waals surface area (Å²) in [6.07, 6.45) is 3.86. The summed E-state index contributed by atoms with van der Waals surface area (Å²) in [6, 6.07) is 13.3. The molecule has 10 heteroatoms. The van der Waals surface area contributed by atoms with Crippen molar-refractivity contribution in [3.05, 3.63) is 76.5 Å². The van der Waals surface area contributed by atoms with Gasteiger partial charge in [-0.25, -0.2) is 8.42 Å². The van der Waals surface area contributed by atoms with Gasteiger partial charge in [0, 0.05) is 41.0 Å². The summed E-state index contributed by atoms with van der Waals surface area (Å²) < 4.78 is 25.7.